The normalized spacial score (nSPS) is 18.9. The van der Waals surface area contributed by atoms with Gasteiger partial charge in [0.2, 0.25) is 0 Å². The summed E-state index contributed by atoms with van der Waals surface area (Å²) in [4.78, 5) is 0. The molecule has 1 aliphatic carbocycles. The maximum Gasteiger partial charge on any atom is 0.0454 e. The third-order valence-corrected chi connectivity index (χ3v) is 4.31. The van der Waals surface area contributed by atoms with Gasteiger partial charge in [-0.2, -0.15) is 0 Å². The summed E-state index contributed by atoms with van der Waals surface area (Å²) in [6, 6.07) is 6.50. The number of hydrogen-bond acceptors (Lipinski definition) is 1. The zero-order valence-electron chi connectivity index (χ0n) is 9.47. The highest BCUT2D eigenvalue weighted by Gasteiger charge is 2.26. The molecule has 1 aliphatic rings. The molecule has 88 valence electrons. The van der Waals surface area contributed by atoms with E-state index >= 15 is 0 Å². The monoisotopic (exact) mass is 301 g/mol. The molecular formula is C13H17BrClN. The molecule has 1 aromatic carbocycles. The van der Waals surface area contributed by atoms with E-state index in [0.29, 0.717) is 6.04 Å². The van der Waals surface area contributed by atoms with E-state index in [2.05, 4.69) is 27.3 Å². The van der Waals surface area contributed by atoms with Crippen LogP contribution in [0.3, 0.4) is 0 Å². The summed E-state index contributed by atoms with van der Waals surface area (Å²) in [5.74, 6) is 0.733. The third-order valence-electron chi connectivity index (χ3n) is 3.48. The van der Waals surface area contributed by atoms with Crippen molar-refractivity contribution in [1.82, 2.24) is 5.32 Å². The number of nitrogens with one attached hydrogen (secondary N) is 1. The minimum Gasteiger partial charge on any atom is -0.313 e. The van der Waals surface area contributed by atoms with Crippen molar-refractivity contribution in [3.05, 3.63) is 33.3 Å². The van der Waals surface area contributed by atoms with Crippen LogP contribution in [0.4, 0.5) is 0 Å². The molecule has 0 spiro atoms. The molecule has 0 bridgehead atoms. The number of hydrogen-bond donors (Lipinski definition) is 1. The van der Waals surface area contributed by atoms with Gasteiger partial charge in [0.1, 0.15) is 0 Å². The number of rotatable bonds is 3. The van der Waals surface area contributed by atoms with E-state index < -0.39 is 0 Å². The van der Waals surface area contributed by atoms with E-state index in [1.165, 1.54) is 31.2 Å². The third kappa shape index (κ3) is 2.61. The molecule has 0 aromatic heterocycles. The van der Waals surface area contributed by atoms with Gasteiger partial charge in [-0.15, -0.1) is 0 Å². The first-order valence-corrected chi connectivity index (χ1v) is 7.01. The van der Waals surface area contributed by atoms with E-state index in [1.54, 1.807) is 0 Å². The Bertz CT molecular complexity index is 361. The zero-order valence-corrected chi connectivity index (χ0v) is 11.8. The SMILES string of the molecule is CNC(c1cc(Br)ccc1Cl)C1CCCC1. The van der Waals surface area contributed by atoms with E-state index in [0.717, 1.165) is 15.4 Å². The van der Waals surface area contributed by atoms with Crippen LogP contribution in [-0.2, 0) is 0 Å². The summed E-state index contributed by atoms with van der Waals surface area (Å²) in [7, 11) is 2.03. The minimum atomic E-state index is 0.396. The first-order chi connectivity index (χ1) is 7.72. The van der Waals surface area contributed by atoms with Crippen molar-refractivity contribution in [2.45, 2.75) is 31.7 Å². The van der Waals surface area contributed by atoms with Crippen LogP contribution in [0.15, 0.2) is 22.7 Å². The molecule has 1 fully saturated rings. The van der Waals surface area contributed by atoms with Gasteiger partial charge in [0.15, 0.2) is 0 Å². The minimum absolute atomic E-state index is 0.396. The van der Waals surface area contributed by atoms with Crippen LogP contribution in [0.25, 0.3) is 0 Å². The number of halogens is 2. The Morgan fingerprint density at radius 3 is 2.69 bits per heavy atom. The fourth-order valence-corrected chi connectivity index (χ4v) is 3.30. The van der Waals surface area contributed by atoms with Gasteiger partial charge in [-0.3, -0.25) is 0 Å². The van der Waals surface area contributed by atoms with E-state index in [4.69, 9.17) is 11.6 Å². The van der Waals surface area contributed by atoms with Crippen molar-refractivity contribution < 1.29 is 0 Å². The lowest BCUT2D eigenvalue weighted by molar-refractivity contribution is 0.390. The summed E-state index contributed by atoms with van der Waals surface area (Å²) in [6.07, 6.45) is 5.34. The lowest BCUT2D eigenvalue weighted by atomic mass is 9.92. The molecule has 16 heavy (non-hydrogen) atoms. The molecule has 1 atom stereocenters. The predicted molar refractivity (Wildman–Crippen MR) is 72.9 cm³/mol. The lowest BCUT2D eigenvalue weighted by Crippen LogP contribution is -2.23. The smallest absolute Gasteiger partial charge is 0.0454 e. The molecule has 1 aromatic rings. The van der Waals surface area contributed by atoms with Gasteiger partial charge < -0.3 is 5.32 Å². The standard InChI is InChI=1S/C13H17BrClN/c1-16-13(9-4-2-3-5-9)11-8-10(14)6-7-12(11)15/h6-9,13,16H,2-5H2,1H3. The molecule has 1 unspecified atom stereocenters. The van der Waals surface area contributed by atoms with Crippen molar-refractivity contribution >= 4 is 27.5 Å². The molecule has 1 N–H and O–H groups in total. The van der Waals surface area contributed by atoms with Crippen molar-refractivity contribution in [3.8, 4) is 0 Å². The Morgan fingerprint density at radius 1 is 1.38 bits per heavy atom. The highest BCUT2D eigenvalue weighted by molar-refractivity contribution is 9.10. The van der Waals surface area contributed by atoms with Crippen LogP contribution in [0.5, 0.6) is 0 Å². The van der Waals surface area contributed by atoms with Crippen molar-refractivity contribution in [1.29, 1.82) is 0 Å². The molecule has 0 aliphatic heterocycles. The quantitative estimate of drug-likeness (QED) is 0.863. The Balaban J connectivity index is 2.28. The molecular weight excluding hydrogens is 286 g/mol. The maximum atomic E-state index is 6.29. The van der Waals surface area contributed by atoms with Crippen molar-refractivity contribution in [2.75, 3.05) is 7.05 Å². The van der Waals surface area contributed by atoms with Gasteiger partial charge >= 0.3 is 0 Å². The fraction of sp³-hybridized carbons (Fsp3) is 0.538. The summed E-state index contributed by atoms with van der Waals surface area (Å²) in [5.41, 5.74) is 1.23. The molecule has 0 radical (unpaired) electrons. The molecule has 0 heterocycles. The van der Waals surface area contributed by atoms with E-state index in [1.807, 2.05) is 19.2 Å². The van der Waals surface area contributed by atoms with Gasteiger partial charge in [-0.1, -0.05) is 40.4 Å². The largest absolute Gasteiger partial charge is 0.313 e. The Kier molecular flexibility index (Phi) is 4.28. The summed E-state index contributed by atoms with van der Waals surface area (Å²) in [6.45, 7) is 0. The van der Waals surface area contributed by atoms with Crippen LogP contribution in [0.2, 0.25) is 5.02 Å². The molecule has 1 saturated carbocycles. The van der Waals surface area contributed by atoms with Gasteiger partial charge in [-0.05, 0) is 49.6 Å². The van der Waals surface area contributed by atoms with Gasteiger partial charge in [0.05, 0.1) is 0 Å². The van der Waals surface area contributed by atoms with Gasteiger partial charge in [0, 0.05) is 15.5 Å². The van der Waals surface area contributed by atoms with Gasteiger partial charge in [0.25, 0.3) is 0 Å². The highest BCUT2D eigenvalue weighted by Crippen LogP contribution is 2.38. The van der Waals surface area contributed by atoms with Crippen LogP contribution >= 0.6 is 27.5 Å². The molecule has 0 amide bonds. The zero-order chi connectivity index (χ0) is 11.5. The van der Waals surface area contributed by atoms with E-state index in [9.17, 15) is 0 Å². The van der Waals surface area contributed by atoms with Crippen molar-refractivity contribution in [2.24, 2.45) is 5.92 Å². The maximum absolute atomic E-state index is 6.29. The Labute approximate surface area is 111 Å². The summed E-state index contributed by atoms with van der Waals surface area (Å²) >= 11 is 9.80. The van der Waals surface area contributed by atoms with Gasteiger partial charge in [-0.25, -0.2) is 0 Å². The van der Waals surface area contributed by atoms with Crippen LogP contribution in [0.1, 0.15) is 37.3 Å². The fourth-order valence-electron chi connectivity index (χ4n) is 2.69. The van der Waals surface area contributed by atoms with E-state index in [-0.39, 0.29) is 0 Å². The summed E-state index contributed by atoms with van der Waals surface area (Å²) < 4.78 is 1.10. The van der Waals surface area contributed by atoms with Crippen LogP contribution in [0, 0.1) is 5.92 Å². The molecule has 2 rings (SSSR count). The molecule has 3 heteroatoms. The van der Waals surface area contributed by atoms with Crippen molar-refractivity contribution in [3.63, 3.8) is 0 Å². The second-order valence-electron chi connectivity index (χ2n) is 4.48. The summed E-state index contributed by atoms with van der Waals surface area (Å²) in [5, 5.41) is 4.29. The van der Waals surface area contributed by atoms with Crippen LogP contribution in [-0.4, -0.2) is 7.05 Å². The predicted octanol–water partition coefficient (Wildman–Crippen LogP) is 4.55. The second-order valence-corrected chi connectivity index (χ2v) is 5.80. The topological polar surface area (TPSA) is 12.0 Å². The molecule has 1 nitrogen and oxygen atoms in total. The van der Waals surface area contributed by atoms with Crippen LogP contribution < -0.4 is 5.32 Å². The average Bonchev–Trinajstić information content (AvgIpc) is 2.78. The Hall–Kier alpha value is -0.0500. The highest BCUT2D eigenvalue weighted by atomic mass is 79.9. The first-order valence-electron chi connectivity index (χ1n) is 5.84. The second kappa shape index (κ2) is 5.52. The lowest BCUT2D eigenvalue weighted by Gasteiger charge is -2.24. The molecule has 0 saturated heterocycles. The Morgan fingerprint density at radius 2 is 2.06 bits per heavy atom. The average molecular weight is 303 g/mol. The first kappa shape index (κ1) is 12.4. The number of benzene rings is 1.